The van der Waals surface area contributed by atoms with Crippen LogP contribution < -0.4 is 10.5 Å². The zero-order valence-electron chi connectivity index (χ0n) is 9.70. The summed E-state index contributed by atoms with van der Waals surface area (Å²) in [5.41, 5.74) is 6.64. The van der Waals surface area contributed by atoms with Crippen LogP contribution in [0.4, 0.5) is 0 Å². The van der Waals surface area contributed by atoms with Crippen LogP contribution in [0.2, 0.25) is 10.0 Å². The number of ether oxygens (including phenoxy) is 1. The smallest absolute Gasteiger partial charge is 0.130 e. The first kappa shape index (κ1) is 13.2. The van der Waals surface area contributed by atoms with Crippen molar-refractivity contribution in [2.45, 2.75) is 6.42 Å². The minimum atomic E-state index is 0.550. The third-order valence-electron chi connectivity index (χ3n) is 2.45. The maximum absolute atomic E-state index is 5.93. The monoisotopic (exact) mass is 281 g/mol. The Balaban J connectivity index is 2.27. The van der Waals surface area contributed by atoms with Crippen LogP contribution in [0.5, 0.6) is 11.5 Å². The van der Waals surface area contributed by atoms with Crippen molar-refractivity contribution in [1.82, 2.24) is 0 Å². The van der Waals surface area contributed by atoms with E-state index in [1.807, 2.05) is 24.3 Å². The van der Waals surface area contributed by atoms with Crippen molar-refractivity contribution in [1.29, 1.82) is 0 Å². The number of benzene rings is 2. The number of hydrogen-bond acceptors (Lipinski definition) is 2. The van der Waals surface area contributed by atoms with Gasteiger partial charge < -0.3 is 10.5 Å². The van der Waals surface area contributed by atoms with Crippen LogP contribution in [0, 0.1) is 0 Å². The molecule has 4 heteroatoms. The van der Waals surface area contributed by atoms with E-state index in [0.29, 0.717) is 22.3 Å². The van der Waals surface area contributed by atoms with Crippen LogP contribution in [0.25, 0.3) is 0 Å². The lowest BCUT2D eigenvalue weighted by Gasteiger charge is -2.11. The number of rotatable bonds is 4. The Morgan fingerprint density at radius 2 is 1.67 bits per heavy atom. The second-order valence-electron chi connectivity index (χ2n) is 3.85. The number of hydrogen-bond donors (Lipinski definition) is 1. The molecule has 2 rings (SSSR count). The van der Waals surface area contributed by atoms with E-state index in [1.54, 1.807) is 18.2 Å². The molecular formula is C14H13Cl2NO. The molecule has 18 heavy (non-hydrogen) atoms. The van der Waals surface area contributed by atoms with E-state index >= 15 is 0 Å². The molecule has 0 radical (unpaired) electrons. The fraction of sp³-hybridized carbons (Fsp3) is 0.143. The van der Waals surface area contributed by atoms with Gasteiger partial charge in [0, 0.05) is 10.0 Å². The minimum Gasteiger partial charge on any atom is -0.457 e. The van der Waals surface area contributed by atoms with E-state index in [2.05, 4.69) is 0 Å². The van der Waals surface area contributed by atoms with Crippen molar-refractivity contribution in [3.8, 4) is 11.5 Å². The van der Waals surface area contributed by atoms with Crippen molar-refractivity contribution >= 4 is 23.2 Å². The van der Waals surface area contributed by atoms with Gasteiger partial charge in [-0.15, -0.1) is 0 Å². The van der Waals surface area contributed by atoms with Crippen molar-refractivity contribution in [2.24, 2.45) is 5.73 Å². The molecule has 0 heterocycles. The van der Waals surface area contributed by atoms with Gasteiger partial charge in [0.2, 0.25) is 0 Å². The maximum Gasteiger partial charge on any atom is 0.130 e. The lowest BCUT2D eigenvalue weighted by Crippen LogP contribution is -2.03. The molecule has 2 nitrogen and oxygen atoms in total. The van der Waals surface area contributed by atoms with Crippen LogP contribution in [0.3, 0.4) is 0 Å². The second-order valence-corrected chi connectivity index (χ2v) is 4.73. The van der Waals surface area contributed by atoms with Gasteiger partial charge >= 0.3 is 0 Å². The predicted octanol–water partition coefficient (Wildman–Crippen LogP) is 4.29. The van der Waals surface area contributed by atoms with E-state index < -0.39 is 0 Å². The molecule has 2 N–H and O–H groups in total. The lowest BCUT2D eigenvalue weighted by molar-refractivity contribution is 0.476. The summed E-state index contributed by atoms with van der Waals surface area (Å²) in [6.07, 6.45) is 0.768. The van der Waals surface area contributed by atoms with Crippen LogP contribution in [0.15, 0.2) is 42.5 Å². The summed E-state index contributed by atoms with van der Waals surface area (Å²) >= 11 is 11.9. The standard InChI is InChI=1S/C14H13Cl2NO/c15-11-7-12(16)9-13(8-11)18-14-4-2-1-3-10(14)5-6-17/h1-4,7-9H,5-6,17H2. The minimum absolute atomic E-state index is 0.550. The van der Waals surface area contributed by atoms with Gasteiger partial charge in [-0.3, -0.25) is 0 Å². The summed E-state index contributed by atoms with van der Waals surface area (Å²) in [6.45, 7) is 0.580. The van der Waals surface area contributed by atoms with Gasteiger partial charge in [0.25, 0.3) is 0 Å². The van der Waals surface area contributed by atoms with Crippen molar-refractivity contribution in [3.63, 3.8) is 0 Å². The zero-order valence-corrected chi connectivity index (χ0v) is 11.2. The zero-order chi connectivity index (χ0) is 13.0. The van der Waals surface area contributed by atoms with Crippen LogP contribution in [-0.4, -0.2) is 6.54 Å². The summed E-state index contributed by atoms with van der Waals surface area (Å²) in [7, 11) is 0. The molecule has 2 aromatic rings. The van der Waals surface area contributed by atoms with Gasteiger partial charge in [0.15, 0.2) is 0 Å². The fourth-order valence-corrected chi connectivity index (χ4v) is 2.19. The Morgan fingerprint density at radius 3 is 2.33 bits per heavy atom. The molecule has 0 unspecified atom stereocenters. The van der Waals surface area contributed by atoms with Crippen LogP contribution in [-0.2, 0) is 6.42 Å². The fourth-order valence-electron chi connectivity index (χ4n) is 1.68. The molecule has 0 aromatic heterocycles. The van der Waals surface area contributed by atoms with Crippen LogP contribution >= 0.6 is 23.2 Å². The maximum atomic E-state index is 5.93. The quantitative estimate of drug-likeness (QED) is 0.908. The summed E-state index contributed by atoms with van der Waals surface area (Å²) in [6, 6.07) is 12.9. The van der Waals surface area contributed by atoms with E-state index in [1.165, 1.54) is 0 Å². The van der Waals surface area contributed by atoms with Gasteiger partial charge in [-0.05, 0) is 42.8 Å². The van der Waals surface area contributed by atoms with Crippen molar-refractivity contribution in [2.75, 3.05) is 6.54 Å². The SMILES string of the molecule is NCCc1ccccc1Oc1cc(Cl)cc(Cl)c1. The van der Waals surface area contributed by atoms with Crippen molar-refractivity contribution < 1.29 is 4.74 Å². The molecular weight excluding hydrogens is 269 g/mol. The topological polar surface area (TPSA) is 35.2 Å². The van der Waals surface area contributed by atoms with Gasteiger partial charge in [0.1, 0.15) is 11.5 Å². The Kier molecular flexibility index (Phi) is 4.48. The molecule has 0 bridgehead atoms. The molecule has 2 aromatic carbocycles. The molecule has 0 aliphatic carbocycles. The first-order valence-corrected chi connectivity index (χ1v) is 6.36. The highest BCUT2D eigenvalue weighted by molar-refractivity contribution is 6.34. The molecule has 0 aliphatic rings. The van der Waals surface area contributed by atoms with E-state index in [4.69, 9.17) is 33.7 Å². The average Bonchev–Trinajstić information content (AvgIpc) is 2.30. The summed E-state index contributed by atoms with van der Waals surface area (Å²) in [4.78, 5) is 0. The number of para-hydroxylation sites is 1. The molecule has 0 saturated carbocycles. The Bertz CT molecular complexity index is 523. The molecule has 0 spiro atoms. The van der Waals surface area contributed by atoms with E-state index in [9.17, 15) is 0 Å². The molecule has 0 saturated heterocycles. The first-order valence-electron chi connectivity index (χ1n) is 5.61. The first-order chi connectivity index (χ1) is 8.69. The van der Waals surface area contributed by atoms with E-state index in [-0.39, 0.29) is 0 Å². The van der Waals surface area contributed by atoms with Crippen LogP contribution in [0.1, 0.15) is 5.56 Å². The van der Waals surface area contributed by atoms with Gasteiger partial charge in [0.05, 0.1) is 0 Å². The lowest BCUT2D eigenvalue weighted by atomic mass is 10.1. The highest BCUT2D eigenvalue weighted by Gasteiger charge is 2.05. The summed E-state index contributed by atoms with van der Waals surface area (Å²) < 4.78 is 5.80. The van der Waals surface area contributed by atoms with Gasteiger partial charge in [-0.25, -0.2) is 0 Å². The molecule has 0 aliphatic heterocycles. The summed E-state index contributed by atoms with van der Waals surface area (Å²) in [5.74, 6) is 1.40. The Labute approximate surface area is 116 Å². The Hall–Kier alpha value is -1.22. The van der Waals surface area contributed by atoms with E-state index in [0.717, 1.165) is 17.7 Å². The number of halogens is 2. The third-order valence-corrected chi connectivity index (χ3v) is 2.89. The Morgan fingerprint density at radius 1 is 1.00 bits per heavy atom. The summed E-state index contributed by atoms with van der Waals surface area (Å²) in [5, 5.41) is 1.10. The molecule has 0 amide bonds. The normalized spacial score (nSPS) is 10.4. The van der Waals surface area contributed by atoms with Gasteiger partial charge in [-0.1, -0.05) is 41.4 Å². The molecule has 0 fully saturated rings. The highest BCUT2D eigenvalue weighted by atomic mass is 35.5. The van der Waals surface area contributed by atoms with Gasteiger partial charge in [-0.2, -0.15) is 0 Å². The molecule has 0 atom stereocenters. The molecule has 94 valence electrons. The largest absolute Gasteiger partial charge is 0.457 e. The third kappa shape index (κ3) is 3.39. The average molecular weight is 282 g/mol. The predicted molar refractivity (Wildman–Crippen MR) is 75.7 cm³/mol. The number of nitrogens with two attached hydrogens (primary N) is 1. The highest BCUT2D eigenvalue weighted by Crippen LogP contribution is 2.30. The second kappa shape index (κ2) is 6.10. The van der Waals surface area contributed by atoms with Crippen molar-refractivity contribution in [3.05, 3.63) is 58.1 Å².